The number of amides is 2. The Morgan fingerprint density at radius 1 is 1.46 bits per heavy atom. The SMILES string of the molecule is CCN(CC(=O)O)C1CC(NC(=O)Nc2ccc(C#N)c(Cl)c2)C1. The number of likely N-dealkylation sites (N-methyl/N-ethyl adjacent to an activating group) is 1. The van der Waals surface area contributed by atoms with Crippen LogP contribution in [-0.2, 0) is 4.79 Å². The first-order valence-electron chi connectivity index (χ1n) is 7.66. The molecule has 7 nitrogen and oxygen atoms in total. The number of rotatable bonds is 6. The third-order valence-electron chi connectivity index (χ3n) is 4.06. The number of hydrogen-bond acceptors (Lipinski definition) is 4. The van der Waals surface area contributed by atoms with Gasteiger partial charge < -0.3 is 15.7 Å². The van der Waals surface area contributed by atoms with E-state index in [0.29, 0.717) is 17.8 Å². The summed E-state index contributed by atoms with van der Waals surface area (Å²) >= 11 is 5.92. The van der Waals surface area contributed by atoms with Crippen molar-refractivity contribution < 1.29 is 14.7 Å². The van der Waals surface area contributed by atoms with Crippen LogP contribution in [0.25, 0.3) is 0 Å². The van der Waals surface area contributed by atoms with E-state index in [0.717, 1.165) is 12.8 Å². The van der Waals surface area contributed by atoms with Gasteiger partial charge in [0.15, 0.2) is 0 Å². The number of carbonyl (C=O) groups is 2. The van der Waals surface area contributed by atoms with Crippen molar-refractivity contribution in [2.24, 2.45) is 0 Å². The molecule has 0 saturated heterocycles. The second-order valence-electron chi connectivity index (χ2n) is 5.68. The van der Waals surface area contributed by atoms with E-state index >= 15 is 0 Å². The van der Waals surface area contributed by atoms with Crippen LogP contribution in [0.3, 0.4) is 0 Å². The number of benzene rings is 1. The molecule has 2 rings (SSSR count). The minimum absolute atomic E-state index is 0.0177. The number of halogens is 1. The highest BCUT2D eigenvalue weighted by atomic mass is 35.5. The lowest BCUT2D eigenvalue weighted by molar-refractivity contribution is -0.139. The van der Waals surface area contributed by atoms with Crippen molar-refractivity contribution in [2.75, 3.05) is 18.4 Å². The summed E-state index contributed by atoms with van der Waals surface area (Å²) in [6, 6.07) is 6.49. The van der Waals surface area contributed by atoms with Gasteiger partial charge in [0.1, 0.15) is 6.07 Å². The van der Waals surface area contributed by atoms with Crippen LogP contribution in [0.4, 0.5) is 10.5 Å². The first-order valence-corrected chi connectivity index (χ1v) is 8.03. The maximum atomic E-state index is 12.0. The van der Waals surface area contributed by atoms with E-state index in [4.69, 9.17) is 22.0 Å². The van der Waals surface area contributed by atoms with Crippen molar-refractivity contribution in [1.82, 2.24) is 10.2 Å². The number of hydrogen-bond donors (Lipinski definition) is 3. The summed E-state index contributed by atoms with van der Waals surface area (Å²) in [5, 5.41) is 23.5. The van der Waals surface area contributed by atoms with Gasteiger partial charge in [-0.15, -0.1) is 0 Å². The molecule has 1 saturated carbocycles. The molecule has 0 aliphatic heterocycles. The van der Waals surface area contributed by atoms with Crippen LogP contribution in [0.5, 0.6) is 0 Å². The molecule has 8 heteroatoms. The van der Waals surface area contributed by atoms with Crippen LogP contribution in [0.1, 0.15) is 25.3 Å². The third kappa shape index (κ3) is 4.60. The molecule has 128 valence electrons. The normalized spacial score (nSPS) is 19.2. The van der Waals surface area contributed by atoms with Gasteiger partial charge in [0.05, 0.1) is 17.1 Å². The summed E-state index contributed by atoms with van der Waals surface area (Å²) in [6.45, 7) is 2.61. The van der Waals surface area contributed by atoms with Crippen molar-refractivity contribution in [3.8, 4) is 6.07 Å². The fourth-order valence-corrected chi connectivity index (χ4v) is 2.94. The maximum absolute atomic E-state index is 12.0. The number of nitrogens with one attached hydrogen (secondary N) is 2. The van der Waals surface area contributed by atoms with Gasteiger partial charge in [-0.1, -0.05) is 18.5 Å². The lowest BCUT2D eigenvalue weighted by Crippen LogP contribution is -2.55. The minimum Gasteiger partial charge on any atom is -0.480 e. The lowest BCUT2D eigenvalue weighted by Gasteiger charge is -2.42. The lowest BCUT2D eigenvalue weighted by atomic mass is 9.85. The van der Waals surface area contributed by atoms with Crippen molar-refractivity contribution in [2.45, 2.75) is 31.8 Å². The van der Waals surface area contributed by atoms with Gasteiger partial charge in [-0.25, -0.2) is 4.79 Å². The first-order chi connectivity index (χ1) is 11.4. The van der Waals surface area contributed by atoms with Crippen LogP contribution < -0.4 is 10.6 Å². The summed E-state index contributed by atoms with van der Waals surface area (Å²) in [4.78, 5) is 24.7. The highest BCUT2D eigenvalue weighted by Crippen LogP contribution is 2.26. The minimum atomic E-state index is -0.844. The van der Waals surface area contributed by atoms with Gasteiger partial charge >= 0.3 is 12.0 Å². The Labute approximate surface area is 145 Å². The van der Waals surface area contributed by atoms with Crippen LogP contribution in [0.15, 0.2) is 18.2 Å². The van der Waals surface area contributed by atoms with Crippen molar-refractivity contribution in [1.29, 1.82) is 5.26 Å². The molecule has 1 aromatic carbocycles. The van der Waals surface area contributed by atoms with Gasteiger partial charge in [0.25, 0.3) is 0 Å². The van der Waals surface area contributed by atoms with Crippen LogP contribution in [0.2, 0.25) is 5.02 Å². The molecule has 3 N–H and O–H groups in total. The average molecular weight is 351 g/mol. The van der Waals surface area contributed by atoms with Gasteiger partial charge in [-0.3, -0.25) is 9.69 Å². The standard InChI is InChI=1S/C16H19ClN4O3/c1-2-21(9-15(22)23)13-5-12(6-13)20-16(24)19-11-4-3-10(8-18)14(17)7-11/h3-4,7,12-13H,2,5-6,9H2,1H3,(H,22,23)(H2,19,20,24). The summed E-state index contributed by atoms with van der Waals surface area (Å²) in [5.41, 5.74) is 0.857. The number of nitriles is 1. The average Bonchev–Trinajstić information content (AvgIpc) is 2.48. The zero-order valence-electron chi connectivity index (χ0n) is 13.3. The number of urea groups is 1. The molecule has 0 spiro atoms. The quantitative estimate of drug-likeness (QED) is 0.729. The molecule has 1 aliphatic rings. The third-order valence-corrected chi connectivity index (χ3v) is 4.37. The molecule has 1 aliphatic carbocycles. The number of carboxylic acids is 1. The summed E-state index contributed by atoms with van der Waals surface area (Å²) in [6.07, 6.45) is 1.45. The molecular weight excluding hydrogens is 332 g/mol. The van der Waals surface area contributed by atoms with E-state index in [1.54, 1.807) is 12.1 Å². The Bertz CT molecular complexity index is 668. The van der Waals surface area contributed by atoms with Gasteiger partial charge in [-0.05, 0) is 37.6 Å². The Morgan fingerprint density at radius 3 is 2.71 bits per heavy atom. The first kappa shape index (κ1) is 18.0. The number of anilines is 1. The maximum Gasteiger partial charge on any atom is 0.319 e. The van der Waals surface area contributed by atoms with Crippen LogP contribution in [0, 0.1) is 11.3 Å². The number of carbonyl (C=O) groups excluding carboxylic acids is 1. The molecule has 2 amide bonds. The highest BCUT2D eigenvalue weighted by molar-refractivity contribution is 6.32. The second-order valence-corrected chi connectivity index (χ2v) is 6.09. The van der Waals surface area contributed by atoms with Gasteiger partial charge in [-0.2, -0.15) is 5.26 Å². The monoisotopic (exact) mass is 350 g/mol. The zero-order valence-corrected chi connectivity index (χ0v) is 14.0. The molecule has 0 unspecified atom stereocenters. The van der Waals surface area contributed by atoms with Crippen molar-refractivity contribution in [3.05, 3.63) is 28.8 Å². The van der Waals surface area contributed by atoms with Crippen molar-refractivity contribution in [3.63, 3.8) is 0 Å². The fraction of sp³-hybridized carbons (Fsp3) is 0.438. The van der Waals surface area contributed by atoms with Crippen LogP contribution >= 0.6 is 11.6 Å². The summed E-state index contributed by atoms with van der Waals surface area (Å²) < 4.78 is 0. The Morgan fingerprint density at radius 2 is 2.17 bits per heavy atom. The second kappa shape index (κ2) is 7.99. The van der Waals surface area contributed by atoms with E-state index in [9.17, 15) is 9.59 Å². The molecular formula is C16H19ClN4O3. The molecule has 0 atom stereocenters. The van der Waals surface area contributed by atoms with E-state index < -0.39 is 5.97 Å². The van der Waals surface area contributed by atoms with E-state index in [2.05, 4.69) is 10.6 Å². The molecule has 1 fully saturated rings. The Hall–Kier alpha value is -2.30. The zero-order chi connectivity index (χ0) is 17.7. The van der Waals surface area contributed by atoms with Crippen molar-refractivity contribution >= 4 is 29.3 Å². The van der Waals surface area contributed by atoms with Gasteiger partial charge in [0.2, 0.25) is 0 Å². The predicted molar refractivity (Wildman–Crippen MR) is 90.0 cm³/mol. The molecule has 0 heterocycles. The Kier molecular flexibility index (Phi) is 6.01. The van der Waals surface area contributed by atoms with E-state index in [1.165, 1.54) is 6.07 Å². The topological polar surface area (TPSA) is 105 Å². The molecule has 0 aromatic heterocycles. The number of nitrogens with zero attached hydrogens (tertiary/aromatic N) is 2. The molecule has 0 radical (unpaired) electrons. The fourth-order valence-electron chi connectivity index (χ4n) is 2.71. The van der Waals surface area contributed by atoms with Crippen LogP contribution in [-0.4, -0.2) is 47.2 Å². The molecule has 0 bridgehead atoms. The Balaban J connectivity index is 1.79. The smallest absolute Gasteiger partial charge is 0.319 e. The molecule has 1 aromatic rings. The highest BCUT2D eigenvalue weighted by Gasteiger charge is 2.34. The molecule has 24 heavy (non-hydrogen) atoms. The number of carboxylic acid groups (broad SMARTS) is 1. The van der Waals surface area contributed by atoms with E-state index in [1.807, 2.05) is 17.9 Å². The van der Waals surface area contributed by atoms with E-state index in [-0.39, 0.29) is 29.7 Å². The number of aliphatic carboxylic acids is 1. The van der Waals surface area contributed by atoms with Gasteiger partial charge in [0, 0.05) is 17.8 Å². The summed E-state index contributed by atoms with van der Waals surface area (Å²) in [7, 11) is 0. The predicted octanol–water partition coefficient (Wildman–Crippen LogP) is 2.27. The summed E-state index contributed by atoms with van der Waals surface area (Å²) in [5.74, 6) is -0.844. The largest absolute Gasteiger partial charge is 0.480 e.